The largest absolute Gasteiger partial charge is 0.482 e. The highest BCUT2D eigenvalue weighted by Gasteiger charge is 2.12. The maximum absolute atomic E-state index is 11.8. The van der Waals surface area contributed by atoms with E-state index in [1.54, 1.807) is 24.3 Å². The SMILES string of the molecule is O=C(COc1ccc(Cl)cc1Cl)Nc1ccccc1C(=O)O. The van der Waals surface area contributed by atoms with Crippen LogP contribution in [0.25, 0.3) is 0 Å². The van der Waals surface area contributed by atoms with Gasteiger partial charge in [-0.1, -0.05) is 35.3 Å². The molecule has 0 aliphatic heterocycles. The van der Waals surface area contributed by atoms with Crippen molar-refractivity contribution in [2.24, 2.45) is 0 Å². The number of hydrogen-bond donors (Lipinski definition) is 2. The topological polar surface area (TPSA) is 75.6 Å². The van der Waals surface area contributed by atoms with Crippen LogP contribution in [-0.4, -0.2) is 23.6 Å². The van der Waals surface area contributed by atoms with Crippen molar-refractivity contribution in [3.63, 3.8) is 0 Å². The maximum atomic E-state index is 11.8. The minimum atomic E-state index is -1.13. The predicted molar refractivity (Wildman–Crippen MR) is 84.0 cm³/mol. The first-order valence-electron chi connectivity index (χ1n) is 6.17. The molecule has 2 aromatic carbocycles. The van der Waals surface area contributed by atoms with Crippen LogP contribution in [0, 0.1) is 0 Å². The summed E-state index contributed by atoms with van der Waals surface area (Å²) < 4.78 is 5.28. The second kappa shape index (κ2) is 7.15. The lowest BCUT2D eigenvalue weighted by molar-refractivity contribution is -0.118. The number of carboxylic acid groups (broad SMARTS) is 1. The summed E-state index contributed by atoms with van der Waals surface area (Å²) in [6.07, 6.45) is 0. The molecule has 0 spiro atoms. The van der Waals surface area contributed by atoms with Crippen LogP contribution in [0.15, 0.2) is 42.5 Å². The van der Waals surface area contributed by atoms with Gasteiger partial charge in [-0.3, -0.25) is 4.79 Å². The molecule has 7 heteroatoms. The number of aromatic carboxylic acids is 1. The van der Waals surface area contributed by atoms with Crippen LogP contribution in [0.4, 0.5) is 5.69 Å². The summed E-state index contributed by atoms with van der Waals surface area (Å²) in [7, 11) is 0. The quantitative estimate of drug-likeness (QED) is 0.870. The third kappa shape index (κ3) is 4.13. The van der Waals surface area contributed by atoms with Crippen molar-refractivity contribution < 1.29 is 19.4 Å². The summed E-state index contributed by atoms with van der Waals surface area (Å²) in [6, 6.07) is 10.7. The zero-order valence-electron chi connectivity index (χ0n) is 11.2. The minimum Gasteiger partial charge on any atom is -0.482 e. The number of halogens is 2. The number of para-hydroxylation sites is 1. The first-order valence-corrected chi connectivity index (χ1v) is 6.93. The molecule has 0 atom stereocenters. The highest BCUT2D eigenvalue weighted by atomic mass is 35.5. The first-order chi connectivity index (χ1) is 10.5. The monoisotopic (exact) mass is 339 g/mol. The van der Waals surface area contributed by atoms with Crippen molar-refractivity contribution in [3.05, 3.63) is 58.1 Å². The minimum absolute atomic E-state index is 0.000348. The molecule has 0 unspecified atom stereocenters. The Morgan fingerprint density at radius 1 is 1.14 bits per heavy atom. The van der Waals surface area contributed by atoms with E-state index in [9.17, 15) is 9.59 Å². The van der Waals surface area contributed by atoms with E-state index in [-0.39, 0.29) is 22.9 Å². The number of anilines is 1. The number of carbonyl (C=O) groups excluding carboxylic acids is 1. The number of amides is 1. The molecule has 2 aromatic rings. The Labute approximate surface area is 136 Å². The Bertz CT molecular complexity index is 718. The summed E-state index contributed by atoms with van der Waals surface area (Å²) >= 11 is 11.7. The summed E-state index contributed by atoms with van der Waals surface area (Å²) in [5, 5.41) is 12.3. The zero-order valence-corrected chi connectivity index (χ0v) is 12.7. The molecule has 0 radical (unpaired) electrons. The van der Waals surface area contributed by atoms with Gasteiger partial charge < -0.3 is 15.2 Å². The van der Waals surface area contributed by atoms with Crippen LogP contribution in [0.2, 0.25) is 10.0 Å². The molecule has 0 fully saturated rings. The molecular formula is C15H11Cl2NO4. The highest BCUT2D eigenvalue weighted by Crippen LogP contribution is 2.27. The number of benzene rings is 2. The fraction of sp³-hybridized carbons (Fsp3) is 0.0667. The van der Waals surface area contributed by atoms with Crippen molar-refractivity contribution in [3.8, 4) is 5.75 Å². The van der Waals surface area contributed by atoms with Gasteiger partial charge in [-0.15, -0.1) is 0 Å². The zero-order chi connectivity index (χ0) is 16.1. The van der Waals surface area contributed by atoms with E-state index in [4.69, 9.17) is 33.0 Å². The van der Waals surface area contributed by atoms with Crippen LogP contribution < -0.4 is 10.1 Å². The molecule has 2 N–H and O–H groups in total. The number of nitrogens with one attached hydrogen (secondary N) is 1. The summed E-state index contributed by atoms with van der Waals surface area (Å²) in [6.45, 7) is -0.310. The van der Waals surface area contributed by atoms with Crippen LogP contribution >= 0.6 is 23.2 Å². The normalized spacial score (nSPS) is 10.1. The van der Waals surface area contributed by atoms with E-state index in [1.807, 2.05) is 0 Å². The van der Waals surface area contributed by atoms with Crippen LogP contribution in [0.1, 0.15) is 10.4 Å². The molecule has 0 aromatic heterocycles. The van der Waals surface area contributed by atoms with Gasteiger partial charge in [-0.05, 0) is 30.3 Å². The predicted octanol–water partition coefficient (Wildman–Crippen LogP) is 3.71. The van der Waals surface area contributed by atoms with E-state index in [2.05, 4.69) is 5.32 Å². The lowest BCUT2D eigenvalue weighted by Gasteiger charge is -2.10. The van der Waals surface area contributed by atoms with Gasteiger partial charge in [-0.2, -0.15) is 0 Å². The van der Waals surface area contributed by atoms with E-state index < -0.39 is 11.9 Å². The third-order valence-electron chi connectivity index (χ3n) is 2.68. The Morgan fingerprint density at radius 2 is 1.86 bits per heavy atom. The smallest absolute Gasteiger partial charge is 0.337 e. The van der Waals surface area contributed by atoms with Gasteiger partial charge in [-0.25, -0.2) is 4.79 Å². The van der Waals surface area contributed by atoms with Gasteiger partial charge in [0, 0.05) is 5.02 Å². The molecule has 22 heavy (non-hydrogen) atoms. The molecule has 0 saturated heterocycles. The number of carboxylic acids is 1. The van der Waals surface area contributed by atoms with Crippen molar-refractivity contribution in [1.29, 1.82) is 0 Å². The van der Waals surface area contributed by atoms with Crippen molar-refractivity contribution in [2.45, 2.75) is 0 Å². The number of hydrogen-bond acceptors (Lipinski definition) is 3. The molecule has 114 valence electrons. The Kier molecular flexibility index (Phi) is 5.25. The van der Waals surface area contributed by atoms with E-state index in [1.165, 1.54) is 18.2 Å². The third-order valence-corrected chi connectivity index (χ3v) is 3.21. The first kappa shape index (κ1) is 16.1. The van der Waals surface area contributed by atoms with Crippen molar-refractivity contribution in [1.82, 2.24) is 0 Å². The van der Waals surface area contributed by atoms with Crippen LogP contribution in [0.5, 0.6) is 5.75 Å². The Balaban J connectivity index is 2.00. The molecule has 0 bridgehead atoms. The van der Waals surface area contributed by atoms with Gasteiger partial charge in [0.25, 0.3) is 5.91 Å². The van der Waals surface area contributed by atoms with E-state index >= 15 is 0 Å². The Hall–Kier alpha value is -2.24. The summed E-state index contributed by atoms with van der Waals surface area (Å²) in [5.41, 5.74) is 0.200. The molecule has 0 heterocycles. The van der Waals surface area contributed by atoms with Gasteiger partial charge >= 0.3 is 5.97 Å². The number of ether oxygens (including phenoxy) is 1. The lowest BCUT2D eigenvalue weighted by atomic mass is 10.2. The second-order valence-electron chi connectivity index (χ2n) is 4.26. The second-order valence-corrected chi connectivity index (χ2v) is 5.11. The van der Waals surface area contributed by atoms with Gasteiger partial charge in [0.05, 0.1) is 16.3 Å². The van der Waals surface area contributed by atoms with Gasteiger partial charge in [0.2, 0.25) is 0 Å². The summed E-state index contributed by atoms with van der Waals surface area (Å²) in [5.74, 6) is -1.31. The highest BCUT2D eigenvalue weighted by molar-refractivity contribution is 6.35. The van der Waals surface area contributed by atoms with Crippen LogP contribution in [0.3, 0.4) is 0 Å². The lowest BCUT2D eigenvalue weighted by Crippen LogP contribution is -2.21. The molecule has 2 rings (SSSR count). The fourth-order valence-corrected chi connectivity index (χ4v) is 2.16. The van der Waals surface area contributed by atoms with Crippen molar-refractivity contribution >= 4 is 40.8 Å². The number of carbonyl (C=O) groups is 2. The molecule has 0 aliphatic rings. The average molecular weight is 340 g/mol. The molecule has 0 aliphatic carbocycles. The molecule has 1 amide bonds. The van der Waals surface area contributed by atoms with E-state index in [0.717, 1.165) is 0 Å². The maximum Gasteiger partial charge on any atom is 0.337 e. The Morgan fingerprint density at radius 3 is 2.55 bits per heavy atom. The molecule has 0 saturated carbocycles. The van der Waals surface area contributed by atoms with Crippen molar-refractivity contribution in [2.75, 3.05) is 11.9 Å². The van der Waals surface area contributed by atoms with E-state index in [0.29, 0.717) is 10.8 Å². The molecule has 5 nitrogen and oxygen atoms in total. The average Bonchev–Trinajstić information content (AvgIpc) is 2.46. The van der Waals surface area contributed by atoms with Gasteiger partial charge in [0.1, 0.15) is 5.75 Å². The van der Waals surface area contributed by atoms with Gasteiger partial charge in [0.15, 0.2) is 6.61 Å². The fourth-order valence-electron chi connectivity index (χ4n) is 1.70. The van der Waals surface area contributed by atoms with Crippen LogP contribution in [-0.2, 0) is 4.79 Å². The molecular weight excluding hydrogens is 329 g/mol. The summed E-state index contributed by atoms with van der Waals surface area (Å²) in [4.78, 5) is 22.9. The number of rotatable bonds is 5. The standard InChI is InChI=1S/C15H11Cl2NO4/c16-9-5-6-13(11(17)7-9)22-8-14(19)18-12-4-2-1-3-10(12)15(20)21/h1-7H,8H2,(H,18,19)(H,20,21).